The fourth-order valence-electron chi connectivity index (χ4n) is 1.61. The number of rotatable bonds is 2. The molecule has 0 N–H and O–H groups in total. The van der Waals surface area contributed by atoms with E-state index >= 15 is 0 Å². The molecule has 1 aliphatic heterocycles. The molecular formula is C11H13BrO3. The molecule has 82 valence electrons. The first-order chi connectivity index (χ1) is 7.22. The minimum Gasteiger partial charge on any atom is -0.496 e. The largest absolute Gasteiger partial charge is 0.496 e. The molecule has 2 rings (SSSR count). The van der Waals surface area contributed by atoms with Crippen molar-refractivity contribution in [3.05, 3.63) is 27.7 Å². The average molecular weight is 273 g/mol. The molecule has 1 saturated heterocycles. The van der Waals surface area contributed by atoms with Crippen LogP contribution in [-0.2, 0) is 9.47 Å². The van der Waals surface area contributed by atoms with Crippen LogP contribution in [0.3, 0.4) is 0 Å². The summed E-state index contributed by atoms with van der Waals surface area (Å²) in [5, 5.41) is 0. The summed E-state index contributed by atoms with van der Waals surface area (Å²) in [4.78, 5) is 0. The number of hydrogen-bond acceptors (Lipinski definition) is 3. The summed E-state index contributed by atoms with van der Waals surface area (Å²) in [5.74, 6) is 0.854. The van der Waals surface area contributed by atoms with Crippen LogP contribution in [0.1, 0.15) is 17.4 Å². The minimum atomic E-state index is -0.270. The van der Waals surface area contributed by atoms with E-state index in [1.165, 1.54) is 0 Å². The molecule has 1 heterocycles. The first-order valence-corrected chi connectivity index (χ1v) is 5.59. The highest BCUT2D eigenvalue weighted by molar-refractivity contribution is 9.10. The number of aryl methyl sites for hydroxylation is 1. The first kappa shape index (κ1) is 10.9. The highest BCUT2D eigenvalue weighted by Crippen LogP contribution is 2.34. The Balaban J connectivity index is 2.37. The van der Waals surface area contributed by atoms with Gasteiger partial charge in [0, 0.05) is 10.0 Å². The zero-order valence-electron chi connectivity index (χ0n) is 8.75. The Morgan fingerprint density at radius 2 is 2.00 bits per heavy atom. The molecule has 1 fully saturated rings. The van der Waals surface area contributed by atoms with Gasteiger partial charge in [0.15, 0.2) is 6.29 Å². The van der Waals surface area contributed by atoms with Crippen molar-refractivity contribution in [2.75, 3.05) is 20.3 Å². The van der Waals surface area contributed by atoms with Gasteiger partial charge in [0.2, 0.25) is 0 Å². The van der Waals surface area contributed by atoms with Crippen molar-refractivity contribution in [3.63, 3.8) is 0 Å². The van der Waals surface area contributed by atoms with Crippen LogP contribution in [0.4, 0.5) is 0 Å². The standard InChI is InChI=1S/C11H13BrO3/c1-7-5-9(12)8(6-10(7)13-2)11-14-3-4-15-11/h5-6,11H,3-4H2,1-2H3. The van der Waals surface area contributed by atoms with Gasteiger partial charge in [-0.15, -0.1) is 0 Å². The second-order valence-corrected chi connectivity index (χ2v) is 4.27. The van der Waals surface area contributed by atoms with Gasteiger partial charge in [0.1, 0.15) is 5.75 Å². The topological polar surface area (TPSA) is 27.7 Å². The third-order valence-electron chi connectivity index (χ3n) is 2.39. The highest BCUT2D eigenvalue weighted by atomic mass is 79.9. The number of methoxy groups -OCH3 is 1. The minimum absolute atomic E-state index is 0.270. The van der Waals surface area contributed by atoms with Crippen molar-refractivity contribution in [1.82, 2.24) is 0 Å². The van der Waals surface area contributed by atoms with E-state index in [9.17, 15) is 0 Å². The molecule has 0 aromatic heterocycles. The van der Waals surface area contributed by atoms with Gasteiger partial charge < -0.3 is 14.2 Å². The fraction of sp³-hybridized carbons (Fsp3) is 0.455. The Kier molecular flexibility index (Phi) is 3.29. The van der Waals surface area contributed by atoms with Gasteiger partial charge >= 0.3 is 0 Å². The molecule has 4 heteroatoms. The summed E-state index contributed by atoms with van der Waals surface area (Å²) in [7, 11) is 1.66. The van der Waals surface area contributed by atoms with Crippen LogP contribution in [-0.4, -0.2) is 20.3 Å². The smallest absolute Gasteiger partial charge is 0.185 e. The van der Waals surface area contributed by atoms with Crippen molar-refractivity contribution in [1.29, 1.82) is 0 Å². The van der Waals surface area contributed by atoms with Crippen LogP contribution < -0.4 is 4.74 Å². The molecule has 1 aromatic carbocycles. The Morgan fingerprint density at radius 3 is 2.60 bits per heavy atom. The molecule has 0 spiro atoms. The molecule has 0 radical (unpaired) electrons. The van der Waals surface area contributed by atoms with E-state index in [-0.39, 0.29) is 6.29 Å². The van der Waals surface area contributed by atoms with Gasteiger partial charge in [0.25, 0.3) is 0 Å². The third-order valence-corrected chi connectivity index (χ3v) is 3.08. The van der Waals surface area contributed by atoms with E-state index in [0.29, 0.717) is 13.2 Å². The predicted molar refractivity (Wildman–Crippen MR) is 60.1 cm³/mol. The van der Waals surface area contributed by atoms with Crippen LogP contribution >= 0.6 is 15.9 Å². The van der Waals surface area contributed by atoms with Crippen molar-refractivity contribution in [2.45, 2.75) is 13.2 Å². The molecule has 0 saturated carbocycles. The summed E-state index contributed by atoms with van der Waals surface area (Å²) >= 11 is 3.50. The summed E-state index contributed by atoms with van der Waals surface area (Å²) < 4.78 is 17.2. The molecule has 0 atom stereocenters. The van der Waals surface area contributed by atoms with E-state index in [1.54, 1.807) is 7.11 Å². The predicted octanol–water partition coefficient (Wildman–Crippen LogP) is 2.81. The molecule has 3 nitrogen and oxygen atoms in total. The Hall–Kier alpha value is -0.580. The Morgan fingerprint density at radius 1 is 1.33 bits per heavy atom. The van der Waals surface area contributed by atoms with Crippen molar-refractivity contribution in [3.8, 4) is 5.75 Å². The van der Waals surface area contributed by atoms with Crippen LogP contribution in [0.15, 0.2) is 16.6 Å². The van der Waals surface area contributed by atoms with Gasteiger partial charge in [-0.05, 0) is 24.6 Å². The van der Waals surface area contributed by atoms with Gasteiger partial charge in [-0.25, -0.2) is 0 Å². The first-order valence-electron chi connectivity index (χ1n) is 4.79. The lowest BCUT2D eigenvalue weighted by Crippen LogP contribution is -2.01. The van der Waals surface area contributed by atoms with E-state index in [4.69, 9.17) is 14.2 Å². The number of halogens is 1. The van der Waals surface area contributed by atoms with Crippen LogP contribution in [0, 0.1) is 6.92 Å². The maximum absolute atomic E-state index is 5.45. The lowest BCUT2D eigenvalue weighted by Gasteiger charge is -2.14. The van der Waals surface area contributed by atoms with E-state index in [1.807, 2.05) is 19.1 Å². The summed E-state index contributed by atoms with van der Waals surface area (Å²) in [6.07, 6.45) is -0.270. The van der Waals surface area contributed by atoms with Gasteiger partial charge in [0.05, 0.1) is 20.3 Å². The Bertz CT molecular complexity index is 359. The van der Waals surface area contributed by atoms with E-state index in [2.05, 4.69) is 15.9 Å². The summed E-state index contributed by atoms with van der Waals surface area (Å²) in [5.41, 5.74) is 2.07. The van der Waals surface area contributed by atoms with Crippen molar-refractivity contribution in [2.24, 2.45) is 0 Å². The van der Waals surface area contributed by atoms with Crippen LogP contribution in [0.5, 0.6) is 5.75 Å². The average Bonchev–Trinajstić information content (AvgIpc) is 2.71. The summed E-state index contributed by atoms with van der Waals surface area (Å²) in [6.45, 7) is 3.30. The third kappa shape index (κ3) is 2.17. The molecule has 1 aromatic rings. The normalized spacial score (nSPS) is 17.0. The molecule has 1 aliphatic rings. The molecule has 0 amide bonds. The van der Waals surface area contributed by atoms with E-state index < -0.39 is 0 Å². The van der Waals surface area contributed by atoms with Crippen molar-refractivity contribution < 1.29 is 14.2 Å². The van der Waals surface area contributed by atoms with Gasteiger partial charge in [-0.1, -0.05) is 15.9 Å². The lowest BCUT2D eigenvalue weighted by molar-refractivity contribution is -0.0447. The second-order valence-electron chi connectivity index (χ2n) is 3.42. The molecular weight excluding hydrogens is 260 g/mol. The van der Waals surface area contributed by atoms with Crippen LogP contribution in [0.25, 0.3) is 0 Å². The zero-order valence-corrected chi connectivity index (χ0v) is 10.3. The van der Waals surface area contributed by atoms with Crippen molar-refractivity contribution >= 4 is 15.9 Å². The number of benzene rings is 1. The monoisotopic (exact) mass is 272 g/mol. The Labute approximate surface area is 97.5 Å². The van der Waals surface area contributed by atoms with Crippen LogP contribution in [0.2, 0.25) is 0 Å². The van der Waals surface area contributed by atoms with E-state index in [0.717, 1.165) is 21.3 Å². The fourth-order valence-corrected chi connectivity index (χ4v) is 2.25. The quantitative estimate of drug-likeness (QED) is 0.829. The molecule has 0 unspecified atom stereocenters. The number of ether oxygens (including phenoxy) is 3. The van der Waals surface area contributed by atoms with Gasteiger partial charge in [-0.2, -0.15) is 0 Å². The number of hydrogen-bond donors (Lipinski definition) is 0. The maximum Gasteiger partial charge on any atom is 0.185 e. The SMILES string of the molecule is COc1cc(C2OCCO2)c(Br)cc1C. The highest BCUT2D eigenvalue weighted by Gasteiger charge is 2.21. The van der Waals surface area contributed by atoms with Gasteiger partial charge in [-0.3, -0.25) is 0 Å². The summed E-state index contributed by atoms with van der Waals surface area (Å²) in [6, 6.07) is 3.97. The molecule has 0 bridgehead atoms. The lowest BCUT2D eigenvalue weighted by atomic mass is 10.1. The second kappa shape index (κ2) is 4.51. The molecule has 0 aliphatic carbocycles. The molecule has 15 heavy (non-hydrogen) atoms. The zero-order chi connectivity index (χ0) is 10.8. The maximum atomic E-state index is 5.45.